The van der Waals surface area contributed by atoms with E-state index in [-0.39, 0.29) is 35.2 Å². The molecule has 1 aromatic carbocycles. The van der Waals surface area contributed by atoms with E-state index in [1.165, 1.54) is 26.0 Å². The van der Waals surface area contributed by atoms with E-state index >= 15 is 0 Å². The zero-order valence-corrected chi connectivity index (χ0v) is 15.4. The predicted octanol–water partition coefficient (Wildman–Crippen LogP) is 1.98. The molecule has 28 heavy (non-hydrogen) atoms. The van der Waals surface area contributed by atoms with E-state index < -0.39 is 24.1 Å². The minimum atomic E-state index is -0.800. The smallest absolute Gasteiger partial charge is 0.342 e. The van der Waals surface area contributed by atoms with Gasteiger partial charge in [-0.05, 0) is 32.4 Å². The number of Topliss-reactive ketones (excluding diaryl/α,β-unsaturated/α-hetero) is 1. The van der Waals surface area contributed by atoms with Crippen LogP contribution in [0.25, 0.3) is 0 Å². The maximum Gasteiger partial charge on any atom is 0.342 e. The Bertz CT molecular complexity index is 1010. The van der Waals surface area contributed by atoms with E-state index in [2.05, 4.69) is 5.32 Å². The quantitative estimate of drug-likeness (QED) is 0.611. The SMILES string of the molecule is CC(=O)c1cc2c(cc1NC(=O)COC(=O)c1c(C)cc(=O)oc1C)OCO2. The second-order valence-corrected chi connectivity index (χ2v) is 6.11. The Balaban J connectivity index is 1.71. The highest BCUT2D eigenvalue weighted by molar-refractivity contribution is 6.05. The van der Waals surface area contributed by atoms with Crippen LogP contribution in [0.1, 0.15) is 39.0 Å². The third-order valence-corrected chi connectivity index (χ3v) is 4.04. The second kappa shape index (κ2) is 7.55. The standard InChI is InChI=1S/C19H17NO8/c1-9-4-17(23)28-11(3)18(9)19(24)25-7-16(22)20-13-6-15-14(26-8-27-15)5-12(13)10(2)21/h4-6H,7-8H2,1-3H3,(H,20,22). The van der Waals surface area contributed by atoms with Gasteiger partial charge in [0.25, 0.3) is 5.91 Å². The Morgan fingerprint density at radius 1 is 1.11 bits per heavy atom. The molecule has 1 N–H and O–H groups in total. The van der Waals surface area contributed by atoms with E-state index in [0.717, 1.165) is 6.07 Å². The number of aryl methyl sites for hydroxylation is 2. The van der Waals surface area contributed by atoms with Gasteiger partial charge in [-0.25, -0.2) is 9.59 Å². The molecule has 0 fully saturated rings. The molecule has 1 aromatic heterocycles. The van der Waals surface area contributed by atoms with Gasteiger partial charge in [0, 0.05) is 17.7 Å². The lowest BCUT2D eigenvalue weighted by Gasteiger charge is -2.11. The van der Waals surface area contributed by atoms with Crippen molar-refractivity contribution in [2.75, 3.05) is 18.7 Å². The molecule has 2 aromatic rings. The number of carbonyl (C=O) groups excluding carboxylic acids is 3. The van der Waals surface area contributed by atoms with Crippen molar-refractivity contribution >= 4 is 23.3 Å². The number of ketones is 1. The number of anilines is 1. The van der Waals surface area contributed by atoms with E-state index in [9.17, 15) is 19.2 Å². The Labute approximate surface area is 159 Å². The van der Waals surface area contributed by atoms with Gasteiger partial charge in [0.05, 0.1) is 5.69 Å². The van der Waals surface area contributed by atoms with Crippen molar-refractivity contribution in [2.24, 2.45) is 0 Å². The van der Waals surface area contributed by atoms with Gasteiger partial charge in [-0.1, -0.05) is 0 Å². The summed E-state index contributed by atoms with van der Waals surface area (Å²) in [5, 5.41) is 2.52. The normalized spacial score (nSPS) is 11.8. The first kappa shape index (κ1) is 19.2. The number of hydrogen-bond donors (Lipinski definition) is 1. The van der Waals surface area contributed by atoms with Crippen LogP contribution in [0.15, 0.2) is 27.4 Å². The number of hydrogen-bond acceptors (Lipinski definition) is 8. The molecule has 1 aliphatic heterocycles. The number of amides is 1. The van der Waals surface area contributed by atoms with Crippen molar-refractivity contribution in [1.82, 2.24) is 0 Å². The number of nitrogens with one attached hydrogen (secondary N) is 1. The summed E-state index contributed by atoms with van der Waals surface area (Å²) in [6.07, 6.45) is 0. The van der Waals surface area contributed by atoms with Crippen LogP contribution in [0.2, 0.25) is 0 Å². The van der Waals surface area contributed by atoms with E-state index in [1.54, 1.807) is 6.92 Å². The van der Waals surface area contributed by atoms with Crippen molar-refractivity contribution in [2.45, 2.75) is 20.8 Å². The monoisotopic (exact) mass is 387 g/mol. The molecule has 1 amide bonds. The Morgan fingerprint density at radius 3 is 2.43 bits per heavy atom. The molecule has 146 valence electrons. The van der Waals surface area contributed by atoms with Crippen LogP contribution in [-0.2, 0) is 9.53 Å². The summed E-state index contributed by atoms with van der Waals surface area (Å²) in [6.45, 7) is 3.79. The third-order valence-electron chi connectivity index (χ3n) is 4.04. The lowest BCUT2D eigenvalue weighted by Crippen LogP contribution is -2.23. The fourth-order valence-corrected chi connectivity index (χ4v) is 2.79. The number of ether oxygens (including phenoxy) is 3. The summed E-state index contributed by atoms with van der Waals surface area (Å²) < 4.78 is 20.3. The molecule has 0 spiro atoms. The van der Waals surface area contributed by atoms with Crippen molar-refractivity contribution < 1.29 is 33.0 Å². The molecule has 0 saturated heterocycles. The lowest BCUT2D eigenvalue weighted by molar-refractivity contribution is -0.119. The van der Waals surface area contributed by atoms with Gasteiger partial charge in [-0.2, -0.15) is 0 Å². The molecule has 0 unspecified atom stereocenters. The zero-order chi connectivity index (χ0) is 20.4. The van der Waals surface area contributed by atoms with Gasteiger partial charge in [-0.15, -0.1) is 0 Å². The largest absolute Gasteiger partial charge is 0.454 e. The topological polar surface area (TPSA) is 121 Å². The summed E-state index contributed by atoms with van der Waals surface area (Å²) in [5.74, 6) is -0.830. The second-order valence-electron chi connectivity index (χ2n) is 6.11. The highest BCUT2D eigenvalue weighted by atomic mass is 16.7. The van der Waals surface area contributed by atoms with Crippen molar-refractivity contribution in [1.29, 1.82) is 0 Å². The first-order valence-electron chi connectivity index (χ1n) is 8.29. The van der Waals surface area contributed by atoms with Crippen LogP contribution in [0.5, 0.6) is 11.5 Å². The number of carbonyl (C=O) groups is 3. The van der Waals surface area contributed by atoms with E-state index in [1.807, 2.05) is 0 Å². The average molecular weight is 387 g/mol. The highest BCUT2D eigenvalue weighted by Gasteiger charge is 2.22. The van der Waals surface area contributed by atoms with Crippen LogP contribution in [0.3, 0.4) is 0 Å². The number of esters is 1. The van der Waals surface area contributed by atoms with Crippen molar-refractivity contribution in [3.05, 3.63) is 51.1 Å². The Hall–Kier alpha value is -3.62. The molecule has 0 aliphatic carbocycles. The van der Waals surface area contributed by atoms with Gasteiger partial charge >= 0.3 is 11.6 Å². The van der Waals surface area contributed by atoms with E-state index in [0.29, 0.717) is 17.1 Å². The third kappa shape index (κ3) is 3.88. The van der Waals surface area contributed by atoms with Crippen LogP contribution in [0.4, 0.5) is 5.69 Å². The van der Waals surface area contributed by atoms with E-state index in [4.69, 9.17) is 18.6 Å². The summed E-state index contributed by atoms with van der Waals surface area (Å²) in [4.78, 5) is 47.6. The fraction of sp³-hybridized carbons (Fsp3) is 0.263. The molecule has 9 nitrogen and oxygen atoms in total. The van der Waals surface area contributed by atoms with Crippen LogP contribution in [-0.4, -0.2) is 31.1 Å². The summed E-state index contributed by atoms with van der Waals surface area (Å²) in [5.41, 5.74) is 0.342. The number of benzene rings is 1. The molecule has 0 bridgehead atoms. The Kier molecular flexibility index (Phi) is 5.16. The molecule has 0 atom stereocenters. The maximum absolute atomic E-state index is 12.2. The van der Waals surface area contributed by atoms with Crippen LogP contribution < -0.4 is 20.4 Å². The van der Waals surface area contributed by atoms with Gasteiger partial charge < -0.3 is 23.9 Å². The first-order chi connectivity index (χ1) is 13.3. The van der Waals surface area contributed by atoms with Gasteiger partial charge in [0.2, 0.25) is 6.79 Å². The lowest BCUT2D eigenvalue weighted by atomic mass is 10.1. The van der Waals surface area contributed by atoms with Crippen LogP contribution >= 0.6 is 0 Å². The minimum Gasteiger partial charge on any atom is -0.454 e. The summed E-state index contributed by atoms with van der Waals surface area (Å²) in [7, 11) is 0. The number of rotatable bonds is 5. The maximum atomic E-state index is 12.2. The van der Waals surface area contributed by atoms with Gasteiger partial charge in [0.1, 0.15) is 11.3 Å². The average Bonchev–Trinajstić information content (AvgIpc) is 3.05. The molecule has 2 heterocycles. The van der Waals surface area contributed by atoms with Crippen molar-refractivity contribution in [3.8, 4) is 11.5 Å². The van der Waals surface area contributed by atoms with Gasteiger partial charge in [-0.3, -0.25) is 9.59 Å². The molecule has 3 rings (SSSR count). The predicted molar refractivity (Wildman–Crippen MR) is 95.9 cm³/mol. The molecule has 9 heteroatoms. The molecule has 1 aliphatic rings. The molecule has 0 saturated carbocycles. The number of fused-ring (bicyclic) bond motifs is 1. The van der Waals surface area contributed by atoms with Crippen LogP contribution in [0, 0.1) is 13.8 Å². The zero-order valence-electron chi connectivity index (χ0n) is 15.4. The molecular weight excluding hydrogens is 370 g/mol. The van der Waals surface area contributed by atoms with Crippen molar-refractivity contribution in [3.63, 3.8) is 0 Å². The summed E-state index contributed by atoms with van der Waals surface area (Å²) in [6, 6.07) is 4.11. The molecular formula is C19H17NO8. The summed E-state index contributed by atoms with van der Waals surface area (Å²) >= 11 is 0. The fourth-order valence-electron chi connectivity index (χ4n) is 2.79. The Morgan fingerprint density at radius 2 is 1.79 bits per heavy atom. The highest BCUT2D eigenvalue weighted by Crippen LogP contribution is 2.37. The first-order valence-corrected chi connectivity index (χ1v) is 8.29. The van der Waals surface area contributed by atoms with Gasteiger partial charge in [0.15, 0.2) is 23.9 Å². The minimum absolute atomic E-state index is 0.0214. The molecule has 0 radical (unpaired) electrons.